The van der Waals surface area contributed by atoms with Crippen LogP contribution in [0.2, 0.25) is 0 Å². The van der Waals surface area contributed by atoms with Gasteiger partial charge in [-0.25, -0.2) is 4.39 Å². The number of aromatic nitrogens is 2. The van der Waals surface area contributed by atoms with E-state index in [1.807, 2.05) is 0 Å². The van der Waals surface area contributed by atoms with Crippen LogP contribution in [0.25, 0.3) is 11.4 Å². The Labute approximate surface area is 168 Å². The van der Waals surface area contributed by atoms with Gasteiger partial charge >= 0.3 is 6.36 Å². The molecule has 2 aromatic carbocycles. The van der Waals surface area contributed by atoms with Gasteiger partial charge in [0.1, 0.15) is 17.6 Å². The molecular weight excluding hydrogens is 406 g/mol. The Balaban J connectivity index is 1.51. The lowest BCUT2D eigenvalue weighted by molar-refractivity contribution is -0.274. The van der Waals surface area contributed by atoms with E-state index in [1.165, 1.54) is 24.3 Å². The Kier molecular flexibility index (Phi) is 5.15. The van der Waals surface area contributed by atoms with Gasteiger partial charge in [-0.1, -0.05) is 17.3 Å². The van der Waals surface area contributed by atoms with Gasteiger partial charge < -0.3 is 14.2 Å². The highest BCUT2D eigenvalue weighted by atomic mass is 19.4. The summed E-state index contributed by atoms with van der Waals surface area (Å²) in [7, 11) is 0. The van der Waals surface area contributed by atoms with Crippen LogP contribution in [-0.2, 0) is 11.3 Å². The van der Waals surface area contributed by atoms with E-state index in [1.54, 1.807) is 17.0 Å². The molecule has 0 bridgehead atoms. The summed E-state index contributed by atoms with van der Waals surface area (Å²) in [4.78, 5) is 18.2. The van der Waals surface area contributed by atoms with E-state index in [4.69, 9.17) is 4.52 Å². The van der Waals surface area contributed by atoms with Crippen molar-refractivity contribution < 1.29 is 31.6 Å². The van der Waals surface area contributed by atoms with Crippen molar-refractivity contribution in [3.63, 3.8) is 0 Å². The molecule has 1 unspecified atom stereocenters. The smallest absolute Gasteiger partial charge is 0.406 e. The molecule has 1 fully saturated rings. The monoisotopic (exact) mass is 421 g/mol. The van der Waals surface area contributed by atoms with Crippen LogP contribution in [-0.4, -0.2) is 27.3 Å². The van der Waals surface area contributed by atoms with Crippen LogP contribution in [0, 0.1) is 5.82 Å². The zero-order valence-electron chi connectivity index (χ0n) is 15.4. The molecule has 1 amide bonds. The zero-order chi connectivity index (χ0) is 21.3. The van der Waals surface area contributed by atoms with Gasteiger partial charge in [0.15, 0.2) is 0 Å². The molecular formula is C20H15F4N3O3. The first-order chi connectivity index (χ1) is 14.3. The molecule has 0 spiro atoms. The third kappa shape index (κ3) is 4.42. The summed E-state index contributed by atoms with van der Waals surface area (Å²) in [6.45, 7) is 0.197. The number of nitrogens with zero attached hydrogens (tertiary/aromatic N) is 3. The van der Waals surface area contributed by atoms with Crippen LogP contribution >= 0.6 is 0 Å². The number of hydrogen-bond donors (Lipinski definition) is 0. The van der Waals surface area contributed by atoms with Crippen LogP contribution < -0.4 is 4.74 Å². The Morgan fingerprint density at radius 1 is 1.17 bits per heavy atom. The topological polar surface area (TPSA) is 68.5 Å². The lowest BCUT2D eigenvalue weighted by atomic mass is 10.1. The van der Waals surface area contributed by atoms with Crippen molar-refractivity contribution in [2.75, 3.05) is 0 Å². The molecule has 1 atom stereocenters. The molecule has 6 nitrogen and oxygen atoms in total. The van der Waals surface area contributed by atoms with Crippen molar-refractivity contribution in [1.29, 1.82) is 0 Å². The molecule has 0 N–H and O–H groups in total. The maximum absolute atomic E-state index is 13.5. The molecule has 0 aliphatic carbocycles. The zero-order valence-corrected chi connectivity index (χ0v) is 15.4. The van der Waals surface area contributed by atoms with Crippen LogP contribution in [0.15, 0.2) is 53.1 Å². The van der Waals surface area contributed by atoms with E-state index >= 15 is 0 Å². The van der Waals surface area contributed by atoms with Crippen molar-refractivity contribution in [1.82, 2.24) is 15.0 Å². The lowest BCUT2D eigenvalue weighted by Crippen LogP contribution is -2.27. The molecule has 0 radical (unpaired) electrons. The number of hydrogen-bond acceptors (Lipinski definition) is 5. The molecule has 1 aliphatic heterocycles. The Morgan fingerprint density at radius 2 is 1.93 bits per heavy atom. The molecule has 10 heteroatoms. The quantitative estimate of drug-likeness (QED) is 0.562. The second kappa shape index (κ2) is 7.77. The molecule has 156 valence electrons. The fourth-order valence-corrected chi connectivity index (χ4v) is 3.31. The number of rotatable bonds is 5. The number of likely N-dealkylation sites (tertiary alicyclic amines) is 1. The normalized spacial score (nSPS) is 16.9. The first kappa shape index (κ1) is 19.9. The molecule has 30 heavy (non-hydrogen) atoms. The van der Waals surface area contributed by atoms with Crippen LogP contribution in [0.1, 0.15) is 30.3 Å². The van der Waals surface area contributed by atoms with Crippen molar-refractivity contribution >= 4 is 5.91 Å². The third-order valence-electron chi connectivity index (χ3n) is 4.64. The van der Waals surface area contributed by atoms with E-state index in [0.29, 0.717) is 24.0 Å². The minimum Gasteiger partial charge on any atom is -0.406 e. The molecule has 1 aromatic heterocycles. The molecule has 1 saturated heterocycles. The number of carbonyl (C=O) groups excluding carboxylic acids is 1. The van der Waals surface area contributed by atoms with Gasteiger partial charge in [0, 0.05) is 18.5 Å². The summed E-state index contributed by atoms with van der Waals surface area (Å²) >= 11 is 0. The van der Waals surface area contributed by atoms with Crippen LogP contribution in [0.4, 0.5) is 17.6 Å². The number of benzene rings is 2. The van der Waals surface area contributed by atoms with Gasteiger partial charge in [-0.2, -0.15) is 4.98 Å². The number of ether oxygens (including phenoxy) is 1. The van der Waals surface area contributed by atoms with E-state index in [9.17, 15) is 22.4 Å². The maximum atomic E-state index is 13.5. The second-order valence-electron chi connectivity index (χ2n) is 6.73. The average molecular weight is 421 g/mol. The second-order valence-corrected chi connectivity index (χ2v) is 6.73. The van der Waals surface area contributed by atoms with Gasteiger partial charge in [-0.3, -0.25) is 4.79 Å². The van der Waals surface area contributed by atoms with Gasteiger partial charge in [0.05, 0.1) is 0 Å². The minimum atomic E-state index is -4.78. The van der Waals surface area contributed by atoms with E-state index < -0.39 is 18.2 Å². The Morgan fingerprint density at radius 3 is 2.63 bits per heavy atom. The lowest BCUT2D eigenvalue weighted by Gasteiger charge is -2.22. The maximum Gasteiger partial charge on any atom is 0.573 e. The summed E-state index contributed by atoms with van der Waals surface area (Å²) in [5.74, 6) is -0.486. The molecule has 3 aromatic rings. The van der Waals surface area contributed by atoms with Crippen molar-refractivity contribution in [2.24, 2.45) is 0 Å². The number of carbonyl (C=O) groups is 1. The third-order valence-corrected chi connectivity index (χ3v) is 4.64. The summed E-state index contributed by atoms with van der Waals surface area (Å²) in [5.41, 5.74) is 1.07. The van der Waals surface area contributed by atoms with E-state index in [2.05, 4.69) is 14.9 Å². The standard InChI is InChI=1S/C20H15F4N3O3/c21-14-3-1-2-12(10-14)11-27-16(8-9-17(27)28)19-25-18(26-30-19)13-4-6-15(7-5-13)29-20(22,23)24/h1-7,10,16H,8-9,11H2. The van der Waals surface area contributed by atoms with Gasteiger partial charge in [0.2, 0.25) is 17.6 Å². The summed E-state index contributed by atoms with van der Waals surface area (Å²) in [5, 5.41) is 3.87. The predicted octanol–water partition coefficient (Wildman–Crippen LogP) is 4.64. The average Bonchev–Trinajstić information content (AvgIpc) is 3.29. The number of halogens is 4. The molecule has 4 rings (SSSR count). The molecule has 1 aliphatic rings. The number of amides is 1. The summed E-state index contributed by atoms with van der Waals surface area (Å²) < 4.78 is 59.4. The Hall–Kier alpha value is -3.43. The van der Waals surface area contributed by atoms with Crippen molar-refractivity contribution in [2.45, 2.75) is 31.8 Å². The van der Waals surface area contributed by atoms with Gasteiger partial charge in [0.25, 0.3) is 0 Å². The van der Waals surface area contributed by atoms with Gasteiger partial charge in [-0.15, -0.1) is 13.2 Å². The first-order valence-corrected chi connectivity index (χ1v) is 9.02. The fourth-order valence-electron chi connectivity index (χ4n) is 3.31. The largest absolute Gasteiger partial charge is 0.573 e. The van der Waals surface area contributed by atoms with Crippen LogP contribution in [0.5, 0.6) is 5.75 Å². The first-order valence-electron chi connectivity index (χ1n) is 9.02. The number of alkyl halides is 3. The van der Waals surface area contributed by atoms with Crippen molar-refractivity contribution in [3.8, 4) is 17.1 Å². The summed E-state index contributed by atoms with van der Waals surface area (Å²) in [6.07, 6.45) is -4.02. The highest BCUT2D eigenvalue weighted by molar-refractivity contribution is 5.78. The molecule has 2 heterocycles. The highest BCUT2D eigenvalue weighted by Gasteiger charge is 2.36. The Bertz CT molecular complexity index is 1050. The predicted molar refractivity (Wildman–Crippen MR) is 95.3 cm³/mol. The van der Waals surface area contributed by atoms with Crippen LogP contribution in [0.3, 0.4) is 0 Å². The van der Waals surface area contributed by atoms with Gasteiger partial charge in [-0.05, 0) is 48.4 Å². The molecule has 0 saturated carbocycles. The SMILES string of the molecule is O=C1CCC(c2nc(-c3ccc(OC(F)(F)F)cc3)no2)N1Cc1cccc(F)c1. The highest BCUT2D eigenvalue weighted by Crippen LogP contribution is 2.34. The van der Waals surface area contributed by atoms with E-state index in [0.717, 1.165) is 12.1 Å². The minimum absolute atomic E-state index is 0.113. The summed E-state index contributed by atoms with van der Waals surface area (Å²) in [6, 6.07) is 10.5. The van der Waals surface area contributed by atoms with E-state index in [-0.39, 0.29) is 29.9 Å². The van der Waals surface area contributed by atoms with Crippen molar-refractivity contribution in [3.05, 3.63) is 65.8 Å². The fraction of sp³-hybridized carbons (Fsp3) is 0.250.